The van der Waals surface area contributed by atoms with E-state index < -0.39 is 5.60 Å². The summed E-state index contributed by atoms with van der Waals surface area (Å²) in [6.45, 7) is 8.10. The lowest BCUT2D eigenvalue weighted by Gasteiger charge is -2.19. The molecule has 0 bridgehead atoms. The second-order valence-electron chi connectivity index (χ2n) is 6.43. The Hall–Kier alpha value is -2.37. The van der Waals surface area contributed by atoms with E-state index in [0.29, 0.717) is 19.4 Å². The number of ether oxygens (including phenoxy) is 1. The number of aromatic nitrogens is 3. The van der Waals surface area contributed by atoms with Gasteiger partial charge in [-0.1, -0.05) is 6.07 Å². The van der Waals surface area contributed by atoms with E-state index in [4.69, 9.17) is 4.74 Å². The third kappa shape index (κ3) is 5.73. The van der Waals surface area contributed by atoms with E-state index in [0.717, 1.165) is 17.1 Å². The minimum Gasteiger partial charge on any atom is -0.460 e. The van der Waals surface area contributed by atoms with Crippen LogP contribution < -0.4 is 5.43 Å². The molecule has 0 radical (unpaired) electrons. The van der Waals surface area contributed by atoms with Gasteiger partial charge in [0.15, 0.2) is 0 Å². The van der Waals surface area contributed by atoms with Crippen LogP contribution in [0.4, 0.5) is 0 Å². The summed E-state index contributed by atoms with van der Waals surface area (Å²) in [7, 11) is 0. The molecule has 23 heavy (non-hydrogen) atoms. The summed E-state index contributed by atoms with van der Waals surface area (Å²) in [5.74, 6) is -0.201. The molecule has 2 aromatic heterocycles. The molecule has 6 nitrogen and oxygen atoms in total. The average molecular weight is 316 g/mol. The van der Waals surface area contributed by atoms with Crippen LogP contribution in [0.3, 0.4) is 0 Å². The molecule has 2 aromatic rings. The van der Waals surface area contributed by atoms with Gasteiger partial charge in [-0.05, 0) is 45.9 Å². The molecule has 0 saturated heterocycles. The van der Waals surface area contributed by atoms with Gasteiger partial charge in [0, 0.05) is 12.6 Å². The number of nitrogens with zero attached hydrogens (tertiary/aromatic N) is 3. The van der Waals surface area contributed by atoms with Gasteiger partial charge in [-0.2, -0.15) is 9.89 Å². The molecule has 6 heteroatoms. The fraction of sp³-hybridized carbons (Fsp3) is 0.471. The highest BCUT2D eigenvalue weighted by Gasteiger charge is 2.17. The maximum atomic E-state index is 11.8. The van der Waals surface area contributed by atoms with Crippen LogP contribution in [0, 0.1) is 6.92 Å². The molecule has 1 N–H and O–H groups in total. The van der Waals surface area contributed by atoms with Crippen molar-refractivity contribution in [3.8, 4) is 0 Å². The minimum absolute atomic E-state index is 0.201. The van der Waals surface area contributed by atoms with Crippen molar-refractivity contribution in [1.29, 1.82) is 0 Å². The van der Waals surface area contributed by atoms with Gasteiger partial charge in [0.1, 0.15) is 5.60 Å². The Morgan fingerprint density at radius 1 is 1.35 bits per heavy atom. The summed E-state index contributed by atoms with van der Waals surface area (Å²) in [5, 5.41) is 4.40. The van der Waals surface area contributed by atoms with Gasteiger partial charge in [0.05, 0.1) is 30.0 Å². The number of nitrogens with one attached hydrogen (secondary N) is 1. The Morgan fingerprint density at radius 3 is 2.78 bits per heavy atom. The first-order valence-electron chi connectivity index (χ1n) is 7.75. The van der Waals surface area contributed by atoms with Gasteiger partial charge in [0.25, 0.3) is 0 Å². The monoisotopic (exact) mass is 316 g/mol. The SMILES string of the molecule is Cc1cc(CCC(=O)OC(C)(C)C)n(NCc2ccccn2)n1. The Labute approximate surface area is 136 Å². The maximum Gasteiger partial charge on any atom is 0.306 e. The number of esters is 1. The van der Waals surface area contributed by atoms with E-state index in [-0.39, 0.29) is 5.97 Å². The Balaban J connectivity index is 1.93. The summed E-state index contributed by atoms with van der Waals surface area (Å²) < 4.78 is 5.34. The highest BCUT2D eigenvalue weighted by atomic mass is 16.6. The molecule has 0 spiro atoms. The predicted molar refractivity (Wildman–Crippen MR) is 88.4 cm³/mol. The molecule has 2 rings (SSSR count). The number of carbonyl (C=O) groups excluding carboxylic acids is 1. The zero-order chi connectivity index (χ0) is 16.9. The van der Waals surface area contributed by atoms with Gasteiger partial charge in [-0.15, -0.1) is 0 Å². The van der Waals surface area contributed by atoms with Crippen molar-refractivity contribution in [2.45, 2.75) is 52.7 Å². The molecule has 0 aromatic carbocycles. The maximum absolute atomic E-state index is 11.8. The van der Waals surface area contributed by atoms with Crippen molar-refractivity contribution in [3.63, 3.8) is 0 Å². The van der Waals surface area contributed by atoms with Crippen LogP contribution in [0.5, 0.6) is 0 Å². The summed E-state index contributed by atoms with van der Waals surface area (Å²) >= 11 is 0. The van der Waals surface area contributed by atoms with Crippen LogP contribution in [0.2, 0.25) is 0 Å². The lowest BCUT2D eigenvalue weighted by atomic mass is 10.2. The molecule has 0 amide bonds. The fourth-order valence-electron chi connectivity index (χ4n) is 2.15. The van der Waals surface area contributed by atoms with E-state index in [9.17, 15) is 4.79 Å². The van der Waals surface area contributed by atoms with E-state index in [1.54, 1.807) is 11.0 Å². The lowest BCUT2D eigenvalue weighted by molar-refractivity contribution is -0.154. The van der Waals surface area contributed by atoms with Crippen molar-refractivity contribution in [2.24, 2.45) is 0 Å². The average Bonchev–Trinajstić information content (AvgIpc) is 2.82. The highest BCUT2D eigenvalue weighted by Crippen LogP contribution is 2.11. The number of rotatable bonds is 6. The van der Waals surface area contributed by atoms with Crippen molar-refractivity contribution in [3.05, 3.63) is 47.5 Å². The minimum atomic E-state index is -0.454. The summed E-state index contributed by atoms with van der Waals surface area (Å²) in [6, 6.07) is 7.75. The van der Waals surface area contributed by atoms with Crippen molar-refractivity contribution >= 4 is 5.97 Å². The number of aryl methyl sites for hydroxylation is 2. The zero-order valence-corrected chi connectivity index (χ0v) is 14.2. The number of pyridine rings is 1. The van der Waals surface area contributed by atoms with Gasteiger partial charge < -0.3 is 10.2 Å². The van der Waals surface area contributed by atoms with Crippen molar-refractivity contribution < 1.29 is 9.53 Å². The molecule has 0 aliphatic carbocycles. The third-order valence-corrected chi connectivity index (χ3v) is 3.05. The van der Waals surface area contributed by atoms with Crippen LogP contribution in [-0.2, 0) is 22.5 Å². The molecule has 0 fully saturated rings. The van der Waals surface area contributed by atoms with Crippen LogP contribution in [0.1, 0.15) is 44.3 Å². The van der Waals surface area contributed by atoms with Crippen LogP contribution in [0.15, 0.2) is 30.5 Å². The van der Waals surface area contributed by atoms with Gasteiger partial charge >= 0.3 is 5.97 Å². The molecule has 124 valence electrons. The molecule has 0 unspecified atom stereocenters. The lowest BCUT2D eigenvalue weighted by Crippen LogP contribution is -2.24. The smallest absolute Gasteiger partial charge is 0.306 e. The first kappa shape index (κ1) is 17.0. The number of carbonyl (C=O) groups is 1. The topological polar surface area (TPSA) is 69.0 Å². The molecular weight excluding hydrogens is 292 g/mol. The van der Waals surface area contributed by atoms with E-state index in [2.05, 4.69) is 15.5 Å². The first-order chi connectivity index (χ1) is 10.8. The van der Waals surface area contributed by atoms with Crippen molar-refractivity contribution in [2.75, 3.05) is 5.43 Å². The summed E-state index contributed by atoms with van der Waals surface area (Å²) in [4.78, 5) is 17.8. The van der Waals surface area contributed by atoms with E-state index in [1.165, 1.54) is 0 Å². The predicted octanol–water partition coefficient (Wildman–Crippen LogP) is 2.60. The molecule has 0 aliphatic heterocycles. The fourth-order valence-corrected chi connectivity index (χ4v) is 2.15. The molecule has 0 aliphatic rings. The Morgan fingerprint density at radius 2 is 2.13 bits per heavy atom. The second kappa shape index (κ2) is 7.26. The van der Waals surface area contributed by atoms with E-state index in [1.807, 2.05) is 52.0 Å². The molecule has 0 saturated carbocycles. The number of hydrogen-bond acceptors (Lipinski definition) is 5. The van der Waals surface area contributed by atoms with Crippen LogP contribution in [0.25, 0.3) is 0 Å². The number of hydrogen-bond donors (Lipinski definition) is 1. The molecular formula is C17H24N4O2. The van der Waals surface area contributed by atoms with Crippen molar-refractivity contribution in [1.82, 2.24) is 14.9 Å². The van der Waals surface area contributed by atoms with Gasteiger partial charge in [-0.25, -0.2) is 0 Å². The standard InChI is InChI=1S/C17H24N4O2/c1-13-11-15(8-9-16(22)23-17(2,3)4)21(20-13)19-12-14-7-5-6-10-18-14/h5-7,10-11,19H,8-9,12H2,1-4H3. The largest absolute Gasteiger partial charge is 0.460 e. The van der Waals surface area contributed by atoms with Crippen LogP contribution >= 0.6 is 0 Å². The molecule has 0 atom stereocenters. The first-order valence-corrected chi connectivity index (χ1v) is 7.75. The van der Waals surface area contributed by atoms with E-state index >= 15 is 0 Å². The second-order valence-corrected chi connectivity index (χ2v) is 6.43. The summed E-state index contributed by atoms with van der Waals surface area (Å²) in [5.41, 5.74) is 5.54. The van der Waals surface area contributed by atoms with Gasteiger partial charge in [0.2, 0.25) is 0 Å². The third-order valence-electron chi connectivity index (χ3n) is 3.05. The quantitative estimate of drug-likeness (QED) is 0.830. The highest BCUT2D eigenvalue weighted by molar-refractivity contribution is 5.70. The zero-order valence-electron chi connectivity index (χ0n) is 14.2. The Kier molecular flexibility index (Phi) is 5.36. The summed E-state index contributed by atoms with van der Waals surface area (Å²) in [6.07, 6.45) is 2.66. The Bertz CT molecular complexity index is 644. The molecule has 2 heterocycles. The normalized spacial score (nSPS) is 11.3. The van der Waals surface area contributed by atoms with Gasteiger partial charge in [-0.3, -0.25) is 9.78 Å². The van der Waals surface area contributed by atoms with Crippen LogP contribution in [-0.4, -0.2) is 26.4 Å².